The average molecular weight is 355 g/mol. The number of carboxylic acids is 1. The van der Waals surface area contributed by atoms with Crippen molar-refractivity contribution in [1.29, 1.82) is 0 Å². The van der Waals surface area contributed by atoms with Crippen molar-refractivity contribution < 1.29 is 24.2 Å². The fourth-order valence-electron chi connectivity index (χ4n) is 2.17. The van der Waals surface area contributed by atoms with E-state index in [1.165, 1.54) is 6.21 Å². The Bertz CT molecular complexity index is 780. The predicted octanol–water partition coefficient (Wildman–Crippen LogP) is 0.961. The molecule has 0 fully saturated rings. The number of carbonyl (C=O) groups excluding carboxylic acids is 2. The number of amides is 1. The van der Waals surface area contributed by atoms with Crippen LogP contribution in [0, 0.1) is 13.8 Å². The van der Waals surface area contributed by atoms with Gasteiger partial charge < -0.3 is 19.4 Å². The molecule has 0 aliphatic carbocycles. The number of aryl methyl sites for hydroxylation is 2. The van der Waals surface area contributed by atoms with Gasteiger partial charge in [-0.25, -0.2) is 5.43 Å². The van der Waals surface area contributed by atoms with Crippen molar-refractivity contribution in [3.8, 4) is 11.5 Å². The second-order valence-electron chi connectivity index (χ2n) is 5.63. The third-order valence-electron chi connectivity index (χ3n) is 3.20. The number of hydrogen-bond donors (Lipinski definition) is 1. The lowest BCUT2D eigenvalue weighted by Crippen LogP contribution is -2.28. The van der Waals surface area contributed by atoms with E-state index in [0.717, 1.165) is 11.1 Å². The lowest BCUT2D eigenvalue weighted by molar-refractivity contribution is -0.307. The van der Waals surface area contributed by atoms with Crippen LogP contribution in [0.3, 0.4) is 0 Å². The van der Waals surface area contributed by atoms with Crippen LogP contribution in [0.15, 0.2) is 47.6 Å². The van der Waals surface area contributed by atoms with E-state index >= 15 is 0 Å². The number of nitrogens with zero attached hydrogens (tertiary/aromatic N) is 1. The predicted molar refractivity (Wildman–Crippen MR) is 94.1 cm³/mol. The maximum atomic E-state index is 11.7. The van der Waals surface area contributed by atoms with Crippen LogP contribution in [-0.2, 0) is 9.59 Å². The number of rotatable bonds is 8. The fourth-order valence-corrected chi connectivity index (χ4v) is 2.17. The van der Waals surface area contributed by atoms with E-state index in [-0.39, 0.29) is 12.5 Å². The Balaban J connectivity index is 1.78. The minimum Gasteiger partial charge on any atom is -0.546 e. The second kappa shape index (κ2) is 9.22. The highest BCUT2D eigenvalue weighted by Crippen LogP contribution is 2.16. The Labute approximate surface area is 151 Å². The van der Waals surface area contributed by atoms with Gasteiger partial charge in [0.15, 0.2) is 6.61 Å². The molecule has 136 valence electrons. The molecule has 0 bridgehead atoms. The van der Waals surface area contributed by atoms with Gasteiger partial charge in [-0.1, -0.05) is 6.07 Å². The number of hydrogen-bond acceptors (Lipinski definition) is 6. The quantitative estimate of drug-likeness (QED) is 0.562. The molecule has 2 aromatic rings. The maximum Gasteiger partial charge on any atom is 0.277 e. The summed E-state index contributed by atoms with van der Waals surface area (Å²) in [6.45, 7) is 3.26. The fraction of sp³-hybridized carbons (Fsp3) is 0.211. The normalized spacial score (nSPS) is 10.5. The average Bonchev–Trinajstić information content (AvgIpc) is 2.58. The number of nitrogens with one attached hydrogen (secondary N) is 1. The van der Waals surface area contributed by atoms with Gasteiger partial charge in [0, 0.05) is 0 Å². The van der Waals surface area contributed by atoms with E-state index < -0.39 is 12.6 Å². The molecule has 1 amide bonds. The zero-order chi connectivity index (χ0) is 18.9. The molecular formula is C19H19N2O5-. The molecule has 0 aromatic heterocycles. The van der Waals surface area contributed by atoms with E-state index in [1.54, 1.807) is 24.3 Å². The summed E-state index contributed by atoms with van der Waals surface area (Å²) in [5.41, 5.74) is 5.20. The standard InChI is InChI=1S/C19H20N2O5/c1-13-7-14(2)9-17(8-13)25-11-18(22)21-20-10-15-3-5-16(6-4-15)26-12-19(23)24/h3-10H,11-12H2,1-2H3,(H,21,22)(H,23,24)/p-1/b20-10-. The lowest BCUT2D eigenvalue weighted by Gasteiger charge is -2.07. The molecule has 0 atom stereocenters. The molecule has 0 spiro atoms. The number of carbonyl (C=O) groups is 2. The zero-order valence-corrected chi connectivity index (χ0v) is 14.5. The molecule has 26 heavy (non-hydrogen) atoms. The van der Waals surface area contributed by atoms with Gasteiger partial charge >= 0.3 is 0 Å². The van der Waals surface area contributed by atoms with Crippen molar-refractivity contribution in [2.45, 2.75) is 13.8 Å². The minimum atomic E-state index is -1.29. The third-order valence-corrected chi connectivity index (χ3v) is 3.20. The van der Waals surface area contributed by atoms with Crippen molar-refractivity contribution in [3.05, 3.63) is 59.2 Å². The van der Waals surface area contributed by atoms with Crippen LogP contribution in [-0.4, -0.2) is 31.3 Å². The number of benzene rings is 2. The Morgan fingerprint density at radius 3 is 2.23 bits per heavy atom. The van der Waals surface area contributed by atoms with Crippen LogP contribution in [0.1, 0.15) is 16.7 Å². The molecule has 1 N–H and O–H groups in total. The van der Waals surface area contributed by atoms with E-state index in [9.17, 15) is 14.7 Å². The van der Waals surface area contributed by atoms with Gasteiger partial charge in [-0.2, -0.15) is 5.10 Å². The summed E-state index contributed by atoms with van der Waals surface area (Å²) in [7, 11) is 0. The van der Waals surface area contributed by atoms with Crippen LogP contribution in [0.2, 0.25) is 0 Å². The molecular weight excluding hydrogens is 336 g/mol. The molecule has 0 aliphatic heterocycles. The molecule has 7 nitrogen and oxygen atoms in total. The lowest BCUT2D eigenvalue weighted by atomic mass is 10.1. The molecule has 2 rings (SSSR count). The summed E-state index contributed by atoms with van der Waals surface area (Å²) in [5, 5.41) is 14.2. The third kappa shape index (κ3) is 6.64. The van der Waals surface area contributed by atoms with Gasteiger partial charge in [-0.3, -0.25) is 4.79 Å². The largest absolute Gasteiger partial charge is 0.546 e. The number of hydrazone groups is 1. The van der Waals surface area contributed by atoms with Crippen molar-refractivity contribution >= 4 is 18.1 Å². The Morgan fingerprint density at radius 2 is 1.62 bits per heavy atom. The highest BCUT2D eigenvalue weighted by Gasteiger charge is 2.02. The number of aliphatic carboxylic acids is 1. The summed E-state index contributed by atoms with van der Waals surface area (Å²) in [5.74, 6) is -0.637. The van der Waals surface area contributed by atoms with Gasteiger partial charge in [0.2, 0.25) is 0 Å². The molecule has 0 heterocycles. The summed E-state index contributed by atoms with van der Waals surface area (Å²) in [6.07, 6.45) is 1.46. The highest BCUT2D eigenvalue weighted by molar-refractivity contribution is 5.83. The zero-order valence-electron chi connectivity index (χ0n) is 14.5. The van der Waals surface area contributed by atoms with Crippen LogP contribution in [0.4, 0.5) is 0 Å². The van der Waals surface area contributed by atoms with Crippen LogP contribution in [0.5, 0.6) is 11.5 Å². The van der Waals surface area contributed by atoms with Gasteiger partial charge in [0.1, 0.15) is 18.1 Å². The molecule has 0 saturated carbocycles. The van der Waals surface area contributed by atoms with E-state index in [2.05, 4.69) is 10.5 Å². The van der Waals surface area contributed by atoms with E-state index in [0.29, 0.717) is 17.1 Å². The van der Waals surface area contributed by atoms with Gasteiger partial charge in [0.05, 0.1) is 12.2 Å². The second-order valence-corrected chi connectivity index (χ2v) is 5.63. The first-order valence-corrected chi connectivity index (χ1v) is 7.88. The van der Waals surface area contributed by atoms with E-state index in [1.807, 2.05) is 32.0 Å². The van der Waals surface area contributed by atoms with Crippen molar-refractivity contribution in [3.63, 3.8) is 0 Å². The van der Waals surface area contributed by atoms with Gasteiger partial charge in [-0.15, -0.1) is 0 Å². The topological polar surface area (TPSA) is 100 Å². The summed E-state index contributed by atoms with van der Waals surface area (Å²) < 4.78 is 10.4. The van der Waals surface area contributed by atoms with Crippen LogP contribution >= 0.6 is 0 Å². The first-order chi connectivity index (χ1) is 12.4. The molecule has 0 saturated heterocycles. The summed E-state index contributed by atoms with van der Waals surface area (Å²) >= 11 is 0. The monoisotopic (exact) mass is 355 g/mol. The highest BCUT2D eigenvalue weighted by atomic mass is 16.5. The Morgan fingerprint density at radius 1 is 1.00 bits per heavy atom. The van der Waals surface area contributed by atoms with Gasteiger partial charge in [-0.05, 0) is 66.9 Å². The van der Waals surface area contributed by atoms with Crippen molar-refractivity contribution in [2.24, 2.45) is 5.10 Å². The van der Waals surface area contributed by atoms with Crippen LogP contribution < -0.4 is 20.0 Å². The number of ether oxygens (including phenoxy) is 2. The van der Waals surface area contributed by atoms with Gasteiger partial charge in [0.25, 0.3) is 5.91 Å². The smallest absolute Gasteiger partial charge is 0.277 e. The SMILES string of the molecule is Cc1cc(C)cc(OCC(=O)N/N=C\c2ccc(OCC(=O)[O-])cc2)c1. The minimum absolute atomic E-state index is 0.143. The van der Waals surface area contributed by atoms with E-state index in [4.69, 9.17) is 9.47 Å². The molecule has 0 unspecified atom stereocenters. The molecule has 0 aliphatic rings. The Hall–Kier alpha value is -3.35. The first kappa shape index (κ1) is 19.0. The molecule has 2 aromatic carbocycles. The molecule has 0 radical (unpaired) electrons. The summed E-state index contributed by atoms with van der Waals surface area (Å²) in [4.78, 5) is 22.1. The molecule has 7 heteroatoms. The van der Waals surface area contributed by atoms with Crippen LogP contribution in [0.25, 0.3) is 0 Å². The summed E-state index contributed by atoms with van der Waals surface area (Å²) in [6, 6.07) is 12.3. The van der Waals surface area contributed by atoms with Crippen molar-refractivity contribution in [1.82, 2.24) is 5.43 Å². The van der Waals surface area contributed by atoms with Crippen molar-refractivity contribution in [2.75, 3.05) is 13.2 Å². The first-order valence-electron chi connectivity index (χ1n) is 7.88. The number of carboxylic acid groups (broad SMARTS) is 1. The Kier molecular flexibility index (Phi) is 6.73. The maximum absolute atomic E-state index is 11.7.